The Hall–Kier alpha value is -3.06. The highest BCUT2D eigenvalue weighted by atomic mass is 79.9. The number of nitrogens with zero attached hydrogens (tertiary/aromatic N) is 2. The zero-order valence-electron chi connectivity index (χ0n) is 22.7. The molecule has 7 heteroatoms. The molecule has 0 aliphatic heterocycles. The number of aromatic nitrogens is 2. The minimum absolute atomic E-state index is 0.0191. The fourth-order valence-electron chi connectivity index (χ4n) is 4.94. The van der Waals surface area contributed by atoms with Crippen molar-refractivity contribution in [2.75, 3.05) is 7.11 Å². The molecule has 3 aromatic rings. The summed E-state index contributed by atoms with van der Waals surface area (Å²) in [6, 6.07) is 15.3. The number of methoxy groups -OCH3 is 1. The van der Waals surface area contributed by atoms with Gasteiger partial charge in [0, 0.05) is 22.4 Å². The van der Waals surface area contributed by atoms with Crippen LogP contribution < -0.4 is 4.74 Å². The normalized spacial score (nSPS) is 19.8. The third-order valence-electron chi connectivity index (χ3n) is 7.49. The van der Waals surface area contributed by atoms with Crippen molar-refractivity contribution in [1.82, 2.24) is 10.2 Å². The first-order chi connectivity index (χ1) is 18.2. The first kappa shape index (κ1) is 28.0. The van der Waals surface area contributed by atoms with Crippen LogP contribution in [0.5, 0.6) is 11.5 Å². The van der Waals surface area contributed by atoms with E-state index in [0.29, 0.717) is 52.0 Å². The van der Waals surface area contributed by atoms with Gasteiger partial charge in [0.2, 0.25) is 0 Å². The Morgan fingerprint density at radius 2 is 1.79 bits per heavy atom. The third kappa shape index (κ3) is 6.49. The summed E-state index contributed by atoms with van der Waals surface area (Å²) in [5.74, 6) is 2.02. The average Bonchev–Trinajstić information content (AvgIpc) is 3.03. The fourth-order valence-corrected chi connectivity index (χ4v) is 5.50. The van der Waals surface area contributed by atoms with E-state index in [1.165, 1.54) is 7.11 Å². The first-order valence-electron chi connectivity index (χ1n) is 13.2. The monoisotopic (exact) mass is 578 g/mol. The van der Waals surface area contributed by atoms with E-state index in [0.717, 1.165) is 35.4 Å². The third-order valence-corrected chi connectivity index (χ3v) is 8.14. The van der Waals surface area contributed by atoms with Gasteiger partial charge in [-0.25, -0.2) is 4.79 Å². The molecule has 1 aliphatic carbocycles. The highest BCUT2D eigenvalue weighted by Gasteiger charge is 2.30. The van der Waals surface area contributed by atoms with Gasteiger partial charge in [-0.05, 0) is 107 Å². The second kappa shape index (κ2) is 12.2. The van der Waals surface area contributed by atoms with Gasteiger partial charge in [0.25, 0.3) is 0 Å². The van der Waals surface area contributed by atoms with Crippen LogP contribution >= 0.6 is 15.9 Å². The molecule has 3 unspecified atom stereocenters. The van der Waals surface area contributed by atoms with Crippen LogP contribution in [0.25, 0.3) is 11.3 Å². The number of halogens is 1. The van der Waals surface area contributed by atoms with Crippen LogP contribution in [0.15, 0.2) is 53.0 Å². The lowest BCUT2D eigenvalue weighted by Gasteiger charge is -2.22. The lowest BCUT2D eigenvalue weighted by Crippen LogP contribution is -2.21. The van der Waals surface area contributed by atoms with Crippen molar-refractivity contribution < 1.29 is 19.1 Å². The van der Waals surface area contributed by atoms with Crippen LogP contribution in [0.2, 0.25) is 0 Å². The maximum absolute atomic E-state index is 12.7. The maximum atomic E-state index is 12.7. The van der Waals surface area contributed by atoms with E-state index in [-0.39, 0.29) is 11.8 Å². The molecule has 0 radical (unpaired) electrons. The van der Waals surface area contributed by atoms with Gasteiger partial charge in [0.05, 0.1) is 24.1 Å². The molecule has 4 rings (SSSR count). The molecule has 200 valence electrons. The lowest BCUT2D eigenvalue weighted by atomic mass is 9.83. The van der Waals surface area contributed by atoms with Crippen molar-refractivity contribution in [3.63, 3.8) is 0 Å². The molecule has 6 nitrogen and oxygen atoms in total. The van der Waals surface area contributed by atoms with Crippen LogP contribution in [0.4, 0.5) is 0 Å². The molecule has 38 heavy (non-hydrogen) atoms. The van der Waals surface area contributed by atoms with Crippen LogP contribution in [0.3, 0.4) is 0 Å². The van der Waals surface area contributed by atoms with Gasteiger partial charge in [-0.15, -0.1) is 0 Å². The highest BCUT2D eigenvalue weighted by Crippen LogP contribution is 2.38. The van der Waals surface area contributed by atoms with Crippen molar-refractivity contribution in [3.05, 3.63) is 69.8 Å². The smallest absolute Gasteiger partial charge is 0.339 e. The molecule has 1 aromatic heterocycles. The SMILES string of the molecule is COC(=O)c1cc(Oc2ccc(-c3ccc(C(C)C)nn3)cc2)c(CC2CCC(C)CC(=O)C2C)cc1Br. The quantitative estimate of drug-likeness (QED) is 0.210. The summed E-state index contributed by atoms with van der Waals surface area (Å²) in [6.45, 7) is 8.37. The molecule has 1 fully saturated rings. The molecule has 0 spiro atoms. The second-order valence-corrected chi connectivity index (χ2v) is 11.5. The van der Waals surface area contributed by atoms with Crippen molar-refractivity contribution in [1.29, 1.82) is 0 Å². The number of esters is 1. The van der Waals surface area contributed by atoms with E-state index in [2.05, 4.69) is 46.9 Å². The molecule has 3 atom stereocenters. The minimum Gasteiger partial charge on any atom is -0.465 e. The van der Waals surface area contributed by atoms with E-state index < -0.39 is 5.97 Å². The molecule has 0 N–H and O–H groups in total. The number of carbonyl (C=O) groups is 2. The fraction of sp³-hybridized carbons (Fsp3) is 0.419. The largest absolute Gasteiger partial charge is 0.465 e. The van der Waals surface area contributed by atoms with Crippen molar-refractivity contribution in [3.8, 4) is 22.8 Å². The van der Waals surface area contributed by atoms with Gasteiger partial charge < -0.3 is 9.47 Å². The predicted molar refractivity (Wildman–Crippen MR) is 151 cm³/mol. The van der Waals surface area contributed by atoms with Crippen LogP contribution in [-0.2, 0) is 16.0 Å². The molecule has 0 saturated heterocycles. The Labute approximate surface area is 233 Å². The van der Waals surface area contributed by atoms with Crippen LogP contribution in [0, 0.1) is 17.8 Å². The highest BCUT2D eigenvalue weighted by molar-refractivity contribution is 9.10. The molecular formula is C31H35BrN2O4. The zero-order chi connectivity index (χ0) is 27.4. The van der Waals surface area contributed by atoms with Crippen molar-refractivity contribution in [2.24, 2.45) is 17.8 Å². The molecule has 1 heterocycles. The molecule has 0 amide bonds. The summed E-state index contributed by atoms with van der Waals surface area (Å²) in [7, 11) is 1.36. The van der Waals surface area contributed by atoms with Gasteiger partial charge in [-0.1, -0.05) is 27.7 Å². The van der Waals surface area contributed by atoms with Crippen molar-refractivity contribution >= 4 is 27.7 Å². The summed E-state index contributed by atoms with van der Waals surface area (Å²) >= 11 is 3.54. The topological polar surface area (TPSA) is 78.4 Å². The summed E-state index contributed by atoms with van der Waals surface area (Å²) in [4.78, 5) is 25.2. The Morgan fingerprint density at radius 3 is 2.42 bits per heavy atom. The Kier molecular flexibility index (Phi) is 8.98. The Bertz CT molecular complexity index is 1290. The number of carbonyl (C=O) groups excluding carboxylic acids is 2. The number of ketones is 1. The second-order valence-electron chi connectivity index (χ2n) is 10.7. The van der Waals surface area contributed by atoms with Gasteiger partial charge >= 0.3 is 5.97 Å². The van der Waals surface area contributed by atoms with Crippen molar-refractivity contribution in [2.45, 2.75) is 59.3 Å². The average molecular weight is 580 g/mol. The van der Waals surface area contributed by atoms with Gasteiger partial charge in [0.15, 0.2) is 0 Å². The number of ether oxygens (including phenoxy) is 2. The van der Waals surface area contributed by atoms with Crippen LogP contribution in [-0.4, -0.2) is 29.1 Å². The maximum Gasteiger partial charge on any atom is 0.339 e. The summed E-state index contributed by atoms with van der Waals surface area (Å²) in [5, 5.41) is 8.69. The van der Waals surface area contributed by atoms with E-state index in [4.69, 9.17) is 9.47 Å². The number of hydrogen-bond acceptors (Lipinski definition) is 6. The number of benzene rings is 2. The van der Waals surface area contributed by atoms with Gasteiger partial charge in [-0.2, -0.15) is 10.2 Å². The predicted octanol–water partition coefficient (Wildman–Crippen LogP) is 7.79. The summed E-state index contributed by atoms with van der Waals surface area (Å²) < 4.78 is 12.0. The van der Waals surface area contributed by atoms with Gasteiger partial charge in [-0.3, -0.25) is 4.79 Å². The molecule has 1 aliphatic rings. The number of hydrogen-bond donors (Lipinski definition) is 0. The first-order valence-corrected chi connectivity index (χ1v) is 14.0. The molecule has 2 aromatic carbocycles. The van der Waals surface area contributed by atoms with E-state index in [1.54, 1.807) is 6.07 Å². The molecule has 1 saturated carbocycles. The standard InChI is InChI=1S/C31H35BrN2O4/c1-18(2)27-12-13-28(34-33-27)21-8-10-24(11-9-21)38-30-17-25(31(36)37-5)26(32)16-23(30)15-22-7-6-19(3)14-29(35)20(22)4/h8-13,16-20,22H,6-7,14-15H2,1-5H3. The number of rotatable bonds is 7. The van der Waals surface area contributed by atoms with Gasteiger partial charge in [0.1, 0.15) is 17.3 Å². The Balaban J connectivity index is 1.62. The van der Waals surface area contributed by atoms with E-state index >= 15 is 0 Å². The number of Topliss-reactive ketones (excluding diaryl/α,β-unsaturated/α-hetero) is 1. The zero-order valence-corrected chi connectivity index (χ0v) is 24.2. The molecule has 0 bridgehead atoms. The molecular weight excluding hydrogens is 544 g/mol. The van der Waals surface area contributed by atoms with Crippen LogP contribution in [0.1, 0.15) is 74.5 Å². The van der Waals surface area contributed by atoms with E-state index in [9.17, 15) is 9.59 Å². The summed E-state index contributed by atoms with van der Waals surface area (Å²) in [5.41, 5.74) is 4.02. The Morgan fingerprint density at radius 1 is 1.05 bits per heavy atom. The summed E-state index contributed by atoms with van der Waals surface area (Å²) in [6.07, 6.45) is 3.34. The lowest BCUT2D eigenvalue weighted by molar-refractivity contribution is -0.123. The minimum atomic E-state index is -0.445. The van der Waals surface area contributed by atoms with E-state index in [1.807, 2.05) is 49.4 Å².